The summed E-state index contributed by atoms with van der Waals surface area (Å²) in [7, 11) is 0.759. The number of thiophene rings is 1. The third-order valence-electron chi connectivity index (χ3n) is 5.52. The Bertz CT molecular complexity index is 1530. The van der Waals surface area contributed by atoms with Crippen LogP contribution in [-0.2, 0) is 10.0 Å². The number of amides is 1. The van der Waals surface area contributed by atoms with E-state index in [-0.39, 0.29) is 10.8 Å². The van der Waals surface area contributed by atoms with Crippen molar-refractivity contribution < 1.29 is 22.7 Å². The second kappa shape index (κ2) is 9.77. The molecule has 4 aromatic rings. The monoisotopic (exact) mass is 530 g/mol. The summed E-state index contributed by atoms with van der Waals surface area (Å²) < 4.78 is 39.0. The number of carbonyl (C=O) groups excluding carboxylic acids is 1. The smallest absolute Gasteiger partial charge is 0.265 e. The lowest BCUT2D eigenvalue weighted by atomic mass is 10.2. The maximum Gasteiger partial charge on any atom is 0.265 e. The Balaban J connectivity index is 1.62. The van der Waals surface area contributed by atoms with Gasteiger partial charge in [0.05, 0.1) is 35.4 Å². The average molecular weight is 531 g/mol. The number of methoxy groups -OCH3 is 2. The molecular weight excluding hydrogens is 508 g/mol. The highest BCUT2D eigenvalue weighted by atomic mass is 35.5. The van der Waals surface area contributed by atoms with Crippen LogP contribution in [0.1, 0.15) is 15.2 Å². The van der Waals surface area contributed by atoms with Crippen LogP contribution < -0.4 is 19.1 Å². The number of halogens is 1. The molecule has 10 heteroatoms. The zero-order chi connectivity index (χ0) is 25.3. The van der Waals surface area contributed by atoms with E-state index in [2.05, 4.69) is 5.32 Å². The van der Waals surface area contributed by atoms with E-state index in [1.54, 1.807) is 68.6 Å². The van der Waals surface area contributed by atoms with Crippen LogP contribution in [0.15, 0.2) is 65.6 Å². The van der Waals surface area contributed by atoms with E-state index < -0.39 is 10.0 Å². The highest BCUT2D eigenvalue weighted by molar-refractivity contribution is 7.92. The van der Waals surface area contributed by atoms with Crippen molar-refractivity contribution >= 4 is 60.3 Å². The third kappa shape index (κ3) is 4.93. The molecule has 0 saturated heterocycles. The number of ether oxygens (including phenoxy) is 2. The number of anilines is 2. The SMILES string of the molecule is COc1ccc(S(=O)(=O)N(C)c2ccc3sc(C(=O)Nc4cc(Cl)ccc4OC)cc3c2)cc1C. The zero-order valence-corrected chi connectivity index (χ0v) is 21.8. The number of benzene rings is 3. The second-order valence-corrected chi connectivity index (χ2v) is 11.2. The molecule has 0 atom stereocenters. The molecule has 35 heavy (non-hydrogen) atoms. The molecule has 7 nitrogen and oxygen atoms in total. The summed E-state index contributed by atoms with van der Waals surface area (Å²) in [5.74, 6) is 0.794. The average Bonchev–Trinajstić information content (AvgIpc) is 3.27. The van der Waals surface area contributed by atoms with Gasteiger partial charge >= 0.3 is 0 Å². The van der Waals surface area contributed by atoms with Gasteiger partial charge in [-0.1, -0.05) is 11.6 Å². The van der Waals surface area contributed by atoms with Gasteiger partial charge in [0.15, 0.2) is 0 Å². The van der Waals surface area contributed by atoms with Crippen molar-refractivity contribution in [3.63, 3.8) is 0 Å². The standard InChI is InChI=1S/C25H23ClN2O5S2/c1-15-11-19(7-9-21(15)32-3)35(30,31)28(2)18-6-10-23-16(12-18)13-24(34-23)25(29)27-20-14-17(26)5-8-22(20)33-4/h5-14H,1-4H3,(H,27,29). The van der Waals surface area contributed by atoms with Crippen molar-refractivity contribution in [2.24, 2.45) is 0 Å². The van der Waals surface area contributed by atoms with Gasteiger partial charge in [-0.2, -0.15) is 0 Å². The predicted molar refractivity (Wildman–Crippen MR) is 141 cm³/mol. The van der Waals surface area contributed by atoms with E-state index in [1.165, 1.54) is 35.9 Å². The summed E-state index contributed by atoms with van der Waals surface area (Å²) in [6, 6.07) is 16.7. The normalized spacial score (nSPS) is 11.3. The number of fused-ring (bicyclic) bond motifs is 1. The summed E-state index contributed by atoms with van der Waals surface area (Å²) in [4.78, 5) is 13.5. The Morgan fingerprint density at radius 2 is 1.69 bits per heavy atom. The molecule has 1 aromatic heterocycles. The Labute approximate surface area is 212 Å². The maximum absolute atomic E-state index is 13.2. The highest BCUT2D eigenvalue weighted by Gasteiger charge is 2.23. The van der Waals surface area contributed by atoms with Crippen molar-refractivity contribution in [1.29, 1.82) is 0 Å². The molecule has 0 unspecified atom stereocenters. The lowest BCUT2D eigenvalue weighted by Crippen LogP contribution is -2.26. The molecule has 0 bridgehead atoms. The van der Waals surface area contributed by atoms with Crippen LogP contribution in [0, 0.1) is 6.92 Å². The highest BCUT2D eigenvalue weighted by Crippen LogP contribution is 2.33. The van der Waals surface area contributed by atoms with Gasteiger partial charge in [0, 0.05) is 16.8 Å². The van der Waals surface area contributed by atoms with E-state index in [4.69, 9.17) is 21.1 Å². The van der Waals surface area contributed by atoms with Crippen LogP contribution >= 0.6 is 22.9 Å². The summed E-state index contributed by atoms with van der Waals surface area (Å²) in [6.45, 7) is 1.79. The maximum atomic E-state index is 13.2. The van der Waals surface area contributed by atoms with Gasteiger partial charge in [-0.25, -0.2) is 8.42 Å². The molecule has 1 amide bonds. The molecule has 0 saturated carbocycles. The molecule has 182 valence electrons. The van der Waals surface area contributed by atoms with Gasteiger partial charge in [0.25, 0.3) is 15.9 Å². The van der Waals surface area contributed by atoms with Gasteiger partial charge in [0.1, 0.15) is 11.5 Å². The molecule has 3 aromatic carbocycles. The minimum Gasteiger partial charge on any atom is -0.496 e. The van der Waals surface area contributed by atoms with E-state index in [0.29, 0.717) is 32.8 Å². The predicted octanol–water partition coefficient (Wildman–Crippen LogP) is 5.96. The van der Waals surface area contributed by atoms with Crippen LogP contribution in [0.25, 0.3) is 10.1 Å². The topological polar surface area (TPSA) is 84.9 Å². The van der Waals surface area contributed by atoms with Crippen LogP contribution in [0.5, 0.6) is 11.5 Å². The zero-order valence-electron chi connectivity index (χ0n) is 19.5. The number of aryl methyl sites for hydroxylation is 1. The largest absolute Gasteiger partial charge is 0.496 e. The minimum atomic E-state index is -3.79. The number of sulfonamides is 1. The van der Waals surface area contributed by atoms with Crippen molar-refractivity contribution in [3.8, 4) is 11.5 Å². The fraction of sp³-hybridized carbons (Fsp3) is 0.160. The van der Waals surface area contributed by atoms with Crippen molar-refractivity contribution in [1.82, 2.24) is 0 Å². The van der Waals surface area contributed by atoms with Crippen LogP contribution in [0.2, 0.25) is 5.02 Å². The first-order valence-corrected chi connectivity index (χ1v) is 13.1. The fourth-order valence-corrected chi connectivity index (χ4v) is 5.99. The van der Waals surface area contributed by atoms with Crippen LogP contribution in [-0.4, -0.2) is 35.6 Å². The van der Waals surface area contributed by atoms with Crippen LogP contribution in [0.3, 0.4) is 0 Å². The summed E-state index contributed by atoms with van der Waals surface area (Å²) >= 11 is 7.36. The van der Waals surface area contributed by atoms with Gasteiger partial charge < -0.3 is 14.8 Å². The third-order valence-corrected chi connectivity index (χ3v) is 8.65. The molecule has 0 aliphatic heterocycles. The van der Waals surface area contributed by atoms with Crippen molar-refractivity contribution in [2.75, 3.05) is 30.9 Å². The summed E-state index contributed by atoms with van der Waals surface area (Å²) in [6.07, 6.45) is 0. The van der Waals surface area contributed by atoms with Gasteiger partial charge in [0.2, 0.25) is 0 Å². The number of rotatable bonds is 7. The number of carbonyl (C=O) groups is 1. The molecule has 0 aliphatic rings. The molecule has 0 fully saturated rings. The Hall–Kier alpha value is -3.27. The summed E-state index contributed by atoms with van der Waals surface area (Å²) in [5.41, 5.74) is 1.67. The lowest BCUT2D eigenvalue weighted by Gasteiger charge is -2.20. The van der Waals surface area contributed by atoms with E-state index in [1.807, 2.05) is 0 Å². The fourth-order valence-electron chi connectivity index (χ4n) is 3.61. The molecule has 0 spiro atoms. The Morgan fingerprint density at radius 3 is 2.37 bits per heavy atom. The minimum absolute atomic E-state index is 0.166. The van der Waals surface area contributed by atoms with E-state index in [0.717, 1.165) is 15.6 Å². The van der Waals surface area contributed by atoms with Crippen molar-refractivity contribution in [2.45, 2.75) is 11.8 Å². The summed E-state index contributed by atoms with van der Waals surface area (Å²) in [5, 5.41) is 4.05. The number of nitrogens with one attached hydrogen (secondary N) is 1. The first-order chi connectivity index (χ1) is 16.6. The molecule has 1 N–H and O–H groups in total. The number of hydrogen-bond donors (Lipinski definition) is 1. The lowest BCUT2D eigenvalue weighted by molar-refractivity contribution is 0.103. The van der Waals surface area contributed by atoms with E-state index >= 15 is 0 Å². The van der Waals surface area contributed by atoms with Crippen LogP contribution in [0.4, 0.5) is 11.4 Å². The first-order valence-electron chi connectivity index (χ1n) is 10.5. The van der Waals surface area contributed by atoms with Gasteiger partial charge in [-0.05, 0) is 78.5 Å². The molecule has 0 aliphatic carbocycles. The first kappa shape index (κ1) is 24.8. The van der Waals surface area contributed by atoms with Crippen molar-refractivity contribution in [3.05, 3.63) is 76.1 Å². The quantitative estimate of drug-likeness (QED) is 0.319. The Morgan fingerprint density at radius 1 is 0.971 bits per heavy atom. The Kier molecular flexibility index (Phi) is 6.93. The second-order valence-electron chi connectivity index (χ2n) is 7.74. The molecular formula is C25H23ClN2O5S2. The number of hydrogen-bond acceptors (Lipinski definition) is 6. The number of nitrogens with zero attached hydrogens (tertiary/aromatic N) is 1. The van der Waals surface area contributed by atoms with Gasteiger partial charge in [-0.15, -0.1) is 11.3 Å². The molecule has 1 heterocycles. The molecule has 4 rings (SSSR count). The van der Waals surface area contributed by atoms with E-state index in [9.17, 15) is 13.2 Å². The molecule has 0 radical (unpaired) electrons. The van der Waals surface area contributed by atoms with Gasteiger partial charge in [-0.3, -0.25) is 9.10 Å².